The molecule has 0 amide bonds. The Bertz CT molecular complexity index is 1420. The quantitative estimate of drug-likeness (QED) is 0.484. The summed E-state index contributed by atoms with van der Waals surface area (Å²) in [7, 11) is 1.39. The van der Waals surface area contributed by atoms with Crippen molar-refractivity contribution in [2.24, 2.45) is 0 Å². The van der Waals surface area contributed by atoms with E-state index in [1.165, 1.54) is 31.5 Å². The molecule has 0 spiro atoms. The molecule has 0 unspecified atom stereocenters. The Hall–Kier alpha value is -3.59. The highest BCUT2D eigenvalue weighted by Gasteiger charge is 2.38. The summed E-state index contributed by atoms with van der Waals surface area (Å²) in [6, 6.07) is 5.74. The lowest BCUT2D eigenvalue weighted by molar-refractivity contribution is 0.0306. The average molecular weight is 452 g/mol. The number of aromatic hydroxyl groups is 1. The lowest BCUT2D eigenvalue weighted by Gasteiger charge is -2.45. The number of hydrogen-bond acceptors (Lipinski definition) is 7. The van der Waals surface area contributed by atoms with Crippen LogP contribution in [0.15, 0.2) is 30.5 Å². The molecule has 0 aliphatic carbocycles. The molecule has 5 rings (SSSR count). The molecule has 3 heterocycles. The molecule has 4 aromatic rings. The van der Waals surface area contributed by atoms with Gasteiger partial charge in [0.15, 0.2) is 5.82 Å². The van der Waals surface area contributed by atoms with Crippen molar-refractivity contribution in [3.63, 3.8) is 0 Å². The van der Waals surface area contributed by atoms with E-state index in [0.29, 0.717) is 47.1 Å². The van der Waals surface area contributed by atoms with E-state index in [0.717, 1.165) is 0 Å². The number of fused-ring (bicyclic) bond motifs is 2. The Morgan fingerprint density at radius 2 is 1.94 bits per heavy atom. The van der Waals surface area contributed by atoms with Gasteiger partial charge in [0.05, 0.1) is 18.1 Å². The van der Waals surface area contributed by atoms with Gasteiger partial charge in [-0.3, -0.25) is 4.98 Å². The standard InChI is InChI=1S/C24H22F2N4O3/c1-4-14-17(25)6-5-12-7-13(31)8-15(18(12)14)20-19(26)21-16(9-27-20)22(29-23(28-21)33-3)30-10-24(2,32)11-30/h5-9,31-32H,4,10-11H2,1-3H3. The number of anilines is 1. The van der Waals surface area contributed by atoms with E-state index in [4.69, 9.17) is 4.74 Å². The van der Waals surface area contributed by atoms with Gasteiger partial charge in [-0.2, -0.15) is 9.97 Å². The average Bonchev–Trinajstić information content (AvgIpc) is 2.77. The van der Waals surface area contributed by atoms with Crippen LogP contribution in [-0.2, 0) is 6.42 Å². The van der Waals surface area contributed by atoms with Crippen LogP contribution in [-0.4, -0.2) is 51.0 Å². The van der Waals surface area contributed by atoms with E-state index in [9.17, 15) is 14.6 Å². The zero-order valence-electron chi connectivity index (χ0n) is 18.4. The molecule has 1 saturated heterocycles. The fraction of sp³-hybridized carbons (Fsp3) is 0.292. The first kappa shape index (κ1) is 21.3. The highest BCUT2D eigenvalue weighted by Crippen LogP contribution is 2.39. The summed E-state index contributed by atoms with van der Waals surface area (Å²) in [6.07, 6.45) is 1.83. The van der Waals surface area contributed by atoms with Gasteiger partial charge in [0.2, 0.25) is 0 Å². The number of methoxy groups -OCH3 is 1. The van der Waals surface area contributed by atoms with Crippen LogP contribution in [0.1, 0.15) is 19.4 Å². The Kier molecular flexibility index (Phi) is 4.82. The minimum Gasteiger partial charge on any atom is -0.508 e. The number of aliphatic hydroxyl groups is 1. The zero-order chi connectivity index (χ0) is 23.5. The van der Waals surface area contributed by atoms with Crippen LogP contribution in [0, 0.1) is 11.6 Å². The molecular formula is C24H22F2N4O3. The summed E-state index contributed by atoms with van der Waals surface area (Å²) in [6.45, 7) is 4.16. The molecule has 1 fully saturated rings. The van der Waals surface area contributed by atoms with Gasteiger partial charge in [0.25, 0.3) is 0 Å². The van der Waals surface area contributed by atoms with Crippen molar-refractivity contribution in [3.8, 4) is 23.0 Å². The van der Waals surface area contributed by atoms with Gasteiger partial charge in [-0.15, -0.1) is 0 Å². The smallest absolute Gasteiger partial charge is 0.318 e. The summed E-state index contributed by atoms with van der Waals surface area (Å²) in [5, 5.41) is 21.8. The second kappa shape index (κ2) is 7.48. The lowest BCUT2D eigenvalue weighted by Crippen LogP contribution is -2.60. The van der Waals surface area contributed by atoms with Gasteiger partial charge in [-0.1, -0.05) is 13.0 Å². The molecule has 170 valence electrons. The Labute approximate surface area is 188 Å². The lowest BCUT2D eigenvalue weighted by atomic mass is 9.94. The number of aryl methyl sites for hydroxylation is 1. The van der Waals surface area contributed by atoms with Gasteiger partial charge >= 0.3 is 6.01 Å². The molecule has 9 heteroatoms. The topological polar surface area (TPSA) is 91.6 Å². The second-order valence-corrected chi connectivity index (χ2v) is 8.54. The molecule has 0 bridgehead atoms. The van der Waals surface area contributed by atoms with Crippen molar-refractivity contribution in [1.82, 2.24) is 15.0 Å². The van der Waals surface area contributed by atoms with E-state index in [2.05, 4.69) is 15.0 Å². The van der Waals surface area contributed by atoms with Crippen molar-refractivity contribution >= 4 is 27.5 Å². The first-order valence-electron chi connectivity index (χ1n) is 10.5. The molecule has 0 atom stereocenters. The number of rotatable bonds is 4. The number of β-amino-alcohol motifs (C(OH)–C–C–N with tert-alkyl or cyclic N) is 1. The Balaban J connectivity index is 1.78. The number of aromatic nitrogens is 3. The fourth-order valence-electron chi connectivity index (χ4n) is 4.50. The Morgan fingerprint density at radius 1 is 1.18 bits per heavy atom. The molecule has 7 nitrogen and oxygen atoms in total. The molecule has 1 aliphatic heterocycles. The fourth-order valence-corrected chi connectivity index (χ4v) is 4.50. The maximum absolute atomic E-state index is 15.9. The summed E-state index contributed by atoms with van der Waals surface area (Å²) in [5.74, 6) is -0.826. The first-order valence-corrected chi connectivity index (χ1v) is 10.5. The molecule has 0 radical (unpaired) electrons. The van der Waals surface area contributed by atoms with Gasteiger partial charge in [-0.25, -0.2) is 8.78 Å². The minimum absolute atomic E-state index is 0.0145. The van der Waals surface area contributed by atoms with E-state index >= 15 is 4.39 Å². The van der Waals surface area contributed by atoms with Crippen molar-refractivity contribution in [2.45, 2.75) is 25.9 Å². The molecule has 2 aromatic heterocycles. The maximum Gasteiger partial charge on any atom is 0.318 e. The normalized spacial score (nSPS) is 15.2. The van der Waals surface area contributed by atoms with Crippen molar-refractivity contribution in [2.75, 3.05) is 25.1 Å². The SMILES string of the molecule is CCc1c(F)ccc2cc(O)cc(-c3ncc4c(N5CC(C)(O)C5)nc(OC)nc4c3F)c12. The second-order valence-electron chi connectivity index (χ2n) is 8.54. The number of phenols is 1. The third-order valence-electron chi connectivity index (χ3n) is 5.95. The van der Waals surface area contributed by atoms with Crippen LogP contribution >= 0.6 is 0 Å². The monoisotopic (exact) mass is 452 g/mol. The molecule has 33 heavy (non-hydrogen) atoms. The molecule has 2 aromatic carbocycles. The largest absolute Gasteiger partial charge is 0.508 e. The molecule has 2 N–H and O–H groups in total. The van der Waals surface area contributed by atoms with Crippen LogP contribution in [0.3, 0.4) is 0 Å². The van der Waals surface area contributed by atoms with Crippen molar-refractivity contribution in [3.05, 3.63) is 47.7 Å². The van der Waals surface area contributed by atoms with E-state index < -0.39 is 17.2 Å². The van der Waals surface area contributed by atoms with Crippen LogP contribution < -0.4 is 9.64 Å². The van der Waals surface area contributed by atoms with Crippen LogP contribution in [0.2, 0.25) is 0 Å². The van der Waals surface area contributed by atoms with E-state index in [1.807, 2.05) is 6.92 Å². The highest BCUT2D eigenvalue weighted by atomic mass is 19.1. The predicted octanol–water partition coefficient (Wildman–Crippen LogP) is 3.97. The summed E-state index contributed by atoms with van der Waals surface area (Å²) < 4.78 is 35.7. The minimum atomic E-state index is -0.864. The maximum atomic E-state index is 15.9. The summed E-state index contributed by atoms with van der Waals surface area (Å²) in [4.78, 5) is 14.7. The number of nitrogens with zero attached hydrogens (tertiary/aromatic N) is 4. The molecular weight excluding hydrogens is 430 g/mol. The zero-order valence-corrected chi connectivity index (χ0v) is 18.4. The van der Waals surface area contributed by atoms with Crippen LogP contribution in [0.5, 0.6) is 11.8 Å². The van der Waals surface area contributed by atoms with Gasteiger partial charge < -0.3 is 19.8 Å². The third kappa shape index (κ3) is 3.39. The van der Waals surface area contributed by atoms with Gasteiger partial charge in [-0.05, 0) is 47.9 Å². The van der Waals surface area contributed by atoms with E-state index in [1.54, 1.807) is 17.9 Å². The van der Waals surface area contributed by atoms with Gasteiger partial charge in [0.1, 0.15) is 28.6 Å². The number of ether oxygens (including phenoxy) is 1. The number of benzene rings is 2. The van der Waals surface area contributed by atoms with Gasteiger partial charge in [0, 0.05) is 24.8 Å². The molecule has 0 saturated carbocycles. The predicted molar refractivity (Wildman–Crippen MR) is 121 cm³/mol. The first-order chi connectivity index (χ1) is 15.7. The molecule has 1 aliphatic rings. The van der Waals surface area contributed by atoms with Crippen molar-refractivity contribution in [1.29, 1.82) is 0 Å². The summed E-state index contributed by atoms with van der Waals surface area (Å²) in [5.41, 5.74) is -0.262. The summed E-state index contributed by atoms with van der Waals surface area (Å²) >= 11 is 0. The van der Waals surface area contributed by atoms with Crippen LogP contribution in [0.25, 0.3) is 32.9 Å². The van der Waals surface area contributed by atoms with E-state index in [-0.39, 0.29) is 28.5 Å². The number of pyridine rings is 1. The third-order valence-corrected chi connectivity index (χ3v) is 5.95. The number of hydrogen-bond donors (Lipinski definition) is 2. The number of phenolic OH excluding ortho intramolecular Hbond substituents is 1. The highest BCUT2D eigenvalue weighted by molar-refractivity contribution is 6.01. The Morgan fingerprint density at radius 3 is 2.61 bits per heavy atom. The van der Waals surface area contributed by atoms with Crippen molar-refractivity contribution < 1.29 is 23.7 Å². The van der Waals surface area contributed by atoms with Crippen LogP contribution in [0.4, 0.5) is 14.6 Å². The number of halogens is 2.